The van der Waals surface area contributed by atoms with Crippen LogP contribution in [0.4, 0.5) is 0 Å². The summed E-state index contributed by atoms with van der Waals surface area (Å²) in [4.78, 5) is 0. The van der Waals surface area contributed by atoms with E-state index in [9.17, 15) is 10.2 Å². The molecule has 86 valence electrons. The minimum absolute atomic E-state index is 0.0529. The number of rotatable bonds is 8. The first kappa shape index (κ1) is 13.8. The maximum Gasteiger partial charge on any atom is 0.167 e. The van der Waals surface area contributed by atoms with Crippen molar-refractivity contribution in [2.75, 3.05) is 13.2 Å². The van der Waals surface area contributed by atoms with Crippen LogP contribution < -0.4 is 0 Å². The van der Waals surface area contributed by atoms with E-state index in [1.807, 2.05) is 6.92 Å². The molecule has 4 nitrogen and oxygen atoms in total. The van der Waals surface area contributed by atoms with Gasteiger partial charge >= 0.3 is 0 Å². The Morgan fingerprint density at radius 1 is 1.07 bits per heavy atom. The second-order valence-electron chi connectivity index (χ2n) is 3.70. The monoisotopic (exact) mass is 206 g/mol. The van der Waals surface area contributed by atoms with Crippen LogP contribution in [0.1, 0.15) is 39.0 Å². The summed E-state index contributed by atoms with van der Waals surface area (Å²) >= 11 is 0. The Morgan fingerprint density at radius 2 is 1.71 bits per heavy atom. The lowest BCUT2D eigenvalue weighted by molar-refractivity contribution is -0.213. The molecular weight excluding hydrogens is 184 g/mol. The molecule has 0 aromatic rings. The van der Waals surface area contributed by atoms with E-state index in [1.165, 1.54) is 0 Å². The first-order chi connectivity index (χ1) is 6.58. The van der Waals surface area contributed by atoms with E-state index in [2.05, 4.69) is 0 Å². The Bertz CT molecular complexity index is 136. The number of aliphatic hydroxyl groups is 4. The third-order valence-corrected chi connectivity index (χ3v) is 2.52. The highest BCUT2D eigenvalue weighted by atomic mass is 16.5. The van der Waals surface area contributed by atoms with Crippen LogP contribution in [0.3, 0.4) is 0 Å². The van der Waals surface area contributed by atoms with Crippen molar-refractivity contribution in [2.24, 2.45) is 5.92 Å². The van der Waals surface area contributed by atoms with Crippen molar-refractivity contribution in [2.45, 2.75) is 44.8 Å². The first-order valence-electron chi connectivity index (χ1n) is 5.25. The lowest BCUT2D eigenvalue weighted by Crippen LogP contribution is -2.39. The van der Waals surface area contributed by atoms with Gasteiger partial charge in [-0.2, -0.15) is 0 Å². The molecule has 0 heterocycles. The molecule has 0 aromatic carbocycles. The molecule has 0 aromatic heterocycles. The Balaban J connectivity index is 4.14. The van der Waals surface area contributed by atoms with E-state index in [1.54, 1.807) is 0 Å². The molecule has 1 unspecified atom stereocenters. The number of aliphatic hydroxyl groups excluding tert-OH is 2. The van der Waals surface area contributed by atoms with Crippen LogP contribution in [-0.2, 0) is 0 Å². The summed E-state index contributed by atoms with van der Waals surface area (Å²) in [7, 11) is 0. The van der Waals surface area contributed by atoms with E-state index in [-0.39, 0.29) is 25.6 Å². The lowest BCUT2D eigenvalue weighted by atomic mass is 9.88. The smallest absolute Gasteiger partial charge is 0.167 e. The van der Waals surface area contributed by atoms with Gasteiger partial charge in [0.2, 0.25) is 0 Å². The Morgan fingerprint density at radius 3 is 2.14 bits per heavy atom. The fraction of sp³-hybridized carbons (Fsp3) is 1.00. The van der Waals surface area contributed by atoms with E-state index in [0.717, 1.165) is 12.8 Å². The van der Waals surface area contributed by atoms with Crippen molar-refractivity contribution in [3.05, 3.63) is 0 Å². The highest BCUT2D eigenvalue weighted by Gasteiger charge is 2.32. The van der Waals surface area contributed by atoms with Crippen LogP contribution in [-0.4, -0.2) is 39.4 Å². The molecule has 0 saturated heterocycles. The van der Waals surface area contributed by atoms with Gasteiger partial charge in [0.25, 0.3) is 0 Å². The van der Waals surface area contributed by atoms with Gasteiger partial charge in [0, 0.05) is 25.6 Å². The van der Waals surface area contributed by atoms with Gasteiger partial charge in [0.05, 0.1) is 0 Å². The number of hydrogen-bond donors (Lipinski definition) is 4. The van der Waals surface area contributed by atoms with Crippen molar-refractivity contribution in [1.82, 2.24) is 0 Å². The summed E-state index contributed by atoms with van der Waals surface area (Å²) < 4.78 is 0. The SMILES string of the molecule is CCCCC(CCO)C(O)(O)CCO. The maximum absolute atomic E-state index is 9.62. The van der Waals surface area contributed by atoms with Gasteiger partial charge in [-0.25, -0.2) is 0 Å². The van der Waals surface area contributed by atoms with E-state index in [4.69, 9.17) is 10.2 Å². The minimum Gasteiger partial charge on any atom is -0.396 e. The molecule has 0 spiro atoms. The summed E-state index contributed by atoms with van der Waals surface area (Å²) in [6.45, 7) is 1.72. The van der Waals surface area contributed by atoms with Crippen LogP contribution >= 0.6 is 0 Å². The number of hydrogen-bond acceptors (Lipinski definition) is 4. The summed E-state index contributed by atoms with van der Waals surface area (Å²) in [5.74, 6) is -2.19. The second kappa shape index (κ2) is 7.17. The second-order valence-corrected chi connectivity index (χ2v) is 3.70. The van der Waals surface area contributed by atoms with Crippen molar-refractivity contribution >= 4 is 0 Å². The van der Waals surface area contributed by atoms with Crippen LogP contribution in [0.2, 0.25) is 0 Å². The van der Waals surface area contributed by atoms with Crippen molar-refractivity contribution in [3.8, 4) is 0 Å². The van der Waals surface area contributed by atoms with Crippen LogP contribution in [0.25, 0.3) is 0 Å². The molecule has 0 saturated carbocycles. The normalized spacial score (nSPS) is 14.4. The fourth-order valence-corrected chi connectivity index (χ4v) is 1.58. The predicted molar refractivity (Wildman–Crippen MR) is 53.6 cm³/mol. The van der Waals surface area contributed by atoms with Crippen molar-refractivity contribution in [1.29, 1.82) is 0 Å². The molecule has 0 aliphatic heterocycles. The first-order valence-corrected chi connectivity index (χ1v) is 5.25. The van der Waals surface area contributed by atoms with Gasteiger partial charge in [-0.1, -0.05) is 19.8 Å². The summed E-state index contributed by atoms with van der Waals surface area (Å²) in [6, 6.07) is 0. The molecule has 0 fully saturated rings. The van der Waals surface area contributed by atoms with E-state index in [0.29, 0.717) is 12.8 Å². The maximum atomic E-state index is 9.62. The Hall–Kier alpha value is -0.160. The highest BCUT2D eigenvalue weighted by Crippen LogP contribution is 2.26. The van der Waals surface area contributed by atoms with Crippen LogP contribution in [0, 0.1) is 5.92 Å². The molecule has 0 rings (SSSR count). The number of unbranched alkanes of at least 4 members (excludes halogenated alkanes) is 1. The topological polar surface area (TPSA) is 80.9 Å². The van der Waals surface area contributed by atoms with E-state index < -0.39 is 5.79 Å². The van der Waals surface area contributed by atoms with Gasteiger partial charge in [-0.15, -0.1) is 0 Å². The zero-order valence-corrected chi connectivity index (χ0v) is 8.82. The average Bonchev–Trinajstić information content (AvgIpc) is 2.11. The third kappa shape index (κ3) is 4.91. The lowest BCUT2D eigenvalue weighted by Gasteiger charge is -2.30. The van der Waals surface area contributed by atoms with Gasteiger partial charge in [-0.05, 0) is 12.8 Å². The summed E-state index contributed by atoms with van der Waals surface area (Å²) in [6.07, 6.45) is 2.87. The fourth-order valence-electron chi connectivity index (χ4n) is 1.58. The standard InChI is InChI=1S/C10H22O4/c1-2-3-4-9(5-7-11)10(13,14)6-8-12/h9,11-14H,2-8H2,1H3. The molecule has 0 radical (unpaired) electrons. The summed E-state index contributed by atoms with van der Waals surface area (Å²) in [5, 5.41) is 36.7. The molecule has 4 heteroatoms. The molecular formula is C10H22O4. The van der Waals surface area contributed by atoms with Crippen LogP contribution in [0.5, 0.6) is 0 Å². The van der Waals surface area contributed by atoms with Crippen molar-refractivity contribution < 1.29 is 20.4 Å². The molecule has 1 atom stereocenters. The minimum atomic E-state index is -1.84. The van der Waals surface area contributed by atoms with Gasteiger partial charge in [0.15, 0.2) is 5.79 Å². The van der Waals surface area contributed by atoms with Crippen molar-refractivity contribution in [3.63, 3.8) is 0 Å². The van der Waals surface area contributed by atoms with Gasteiger partial charge < -0.3 is 20.4 Å². The van der Waals surface area contributed by atoms with Gasteiger partial charge in [-0.3, -0.25) is 0 Å². The predicted octanol–water partition coefficient (Wildman–Crippen LogP) is 0.238. The third-order valence-electron chi connectivity index (χ3n) is 2.52. The molecule has 14 heavy (non-hydrogen) atoms. The molecule has 0 bridgehead atoms. The molecule has 4 N–H and O–H groups in total. The quantitative estimate of drug-likeness (QED) is 0.429. The Labute approximate surface area is 85.2 Å². The zero-order chi connectivity index (χ0) is 11.0. The van der Waals surface area contributed by atoms with Gasteiger partial charge in [0.1, 0.15) is 0 Å². The average molecular weight is 206 g/mol. The van der Waals surface area contributed by atoms with Crippen LogP contribution in [0.15, 0.2) is 0 Å². The Kier molecular flexibility index (Phi) is 7.09. The zero-order valence-electron chi connectivity index (χ0n) is 8.82. The highest BCUT2D eigenvalue weighted by molar-refractivity contribution is 4.75. The van der Waals surface area contributed by atoms with E-state index >= 15 is 0 Å². The summed E-state index contributed by atoms with van der Waals surface area (Å²) in [5.41, 5.74) is 0. The molecule has 0 aliphatic carbocycles. The largest absolute Gasteiger partial charge is 0.396 e. The molecule has 0 aliphatic rings. The molecule has 0 amide bonds.